The van der Waals surface area contributed by atoms with E-state index >= 15 is 0 Å². The summed E-state index contributed by atoms with van der Waals surface area (Å²) in [5.41, 5.74) is 2.78. The van der Waals surface area contributed by atoms with Gasteiger partial charge in [0, 0.05) is 24.2 Å². The predicted molar refractivity (Wildman–Crippen MR) is 118 cm³/mol. The van der Waals surface area contributed by atoms with Gasteiger partial charge in [0.05, 0.1) is 23.7 Å². The van der Waals surface area contributed by atoms with Gasteiger partial charge in [-0.25, -0.2) is 13.1 Å². The highest BCUT2D eigenvalue weighted by Gasteiger charge is 2.31. The van der Waals surface area contributed by atoms with E-state index in [-0.39, 0.29) is 16.5 Å². The van der Waals surface area contributed by atoms with Gasteiger partial charge in [-0.3, -0.25) is 19.4 Å². The molecule has 2 aliphatic heterocycles. The number of piperidine rings is 1. The molecule has 31 heavy (non-hydrogen) atoms. The number of nitrogens with zero attached hydrogens (tertiary/aromatic N) is 4. The van der Waals surface area contributed by atoms with E-state index in [2.05, 4.69) is 19.7 Å². The fraction of sp³-hybridized carbons (Fsp3) is 0.500. The molecule has 1 unspecified atom stereocenters. The number of nitrogens with one attached hydrogen (secondary N) is 1. The maximum Gasteiger partial charge on any atom is 0.267 e. The summed E-state index contributed by atoms with van der Waals surface area (Å²) in [4.78, 5) is 19.7. The van der Waals surface area contributed by atoms with Gasteiger partial charge in [0.15, 0.2) is 0 Å². The molecule has 1 N–H and O–H groups in total. The summed E-state index contributed by atoms with van der Waals surface area (Å²) in [7, 11) is -3.52. The molecule has 0 radical (unpaired) electrons. The number of hydrogen-bond donors (Lipinski definition) is 1. The Kier molecular flexibility index (Phi) is 5.39. The van der Waals surface area contributed by atoms with E-state index in [4.69, 9.17) is 0 Å². The molecule has 9 heteroatoms. The Morgan fingerprint density at radius 1 is 1.13 bits per heavy atom. The molecule has 1 aromatic carbocycles. The first-order valence-electron chi connectivity index (χ1n) is 11.0. The number of aryl methyl sites for hydroxylation is 2. The Morgan fingerprint density at radius 2 is 2.00 bits per heavy atom. The highest BCUT2D eigenvalue weighted by Crippen LogP contribution is 2.23. The van der Waals surface area contributed by atoms with Crippen molar-refractivity contribution in [2.45, 2.75) is 56.0 Å². The second-order valence-electron chi connectivity index (χ2n) is 8.51. The van der Waals surface area contributed by atoms with Crippen LogP contribution in [0.15, 0.2) is 45.0 Å². The van der Waals surface area contributed by atoms with Crippen molar-refractivity contribution in [1.82, 2.24) is 19.4 Å². The Morgan fingerprint density at radius 3 is 2.90 bits per heavy atom. The van der Waals surface area contributed by atoms with Gasteiger partial charge in [0.1, 0.15) is 5.84 Å². The smallest absolute Gasteiger partial charge is 0.267 e. The quantitative estimate of drug-likeness (QED) is 0.755. The molecule has 1 aliphatic carbocycles. The van der Waals surface area contributed by atoms with Crippen LogP contribution in [0.1, 0.15) is 42.5 Å². The van der Waals surface area contributed by atoms with E-state index < -0.39 is 10.0 Å². The van der Waals surface area contributed by atoms with Gasteiger partial charge in [-0.2, -0.15) is 5.10 Å². The molecule has 1 atom stereocenters. The van der Waals surface area contributed by atoms with Crippen LogP contribution in [-0.4, -0.2) is 54.6 Å². The van der Waals surface area contributed by atoms with E-state index in [1.54, 1.807) is 28.9 Å². The van der Waals surface area contributed by atoms with Gasteiger partial charge in [0.25, 0.3) is 15.6 Å². The van der Waals surface area contributed by atoms with Crippen molar-refractivity contribution in [2.75, 3.05) is 19.6 Å². The Labute approximate surface area is 182 Å². The molecule has 1 fully saturated rings. The number of amidine groups is 1. The summed E-state index contributed by atoms with van der Waals surface area (Å²) in [5.74, 6) is 0.428. The number of aromatic nitrogens is 2. The van der Waals surface area contributed by atoms with Gasteiger partial charge >= 0.3 is 0 Å². The molecule has 0 spiro atoms. The first-order chi connectivity index (χ1) is 15.0. The predicted octanol–water partition coefficient (Wildman–Crippen LogP) is 1.33. The topological polar surface area (TPSA) is 96.7 Å². The van der Waals surface area contributed by atoms with Gasteiger partial charge < -0.3 is 0 Å². The highest BCUT2D eigenvalue weighted by molar-refractivity contribution is 7.90. The molecule has 2 aromatic rings. The van der Waals surface area contributed by atoms with Crippen molar-refractivity contribution in [3.63, 3.8) is 0 Å². The van der Waals surface area contributed by atoms with Gasteiger partial charge in [0.2, 0.25) is 0 Å². The average molecular weight is 442 g/mol. The van der Waals surface area contributed by atoms with E-state index in [9.17, 15) is 13.2 Å². The summed E-state index contributed by atoms with van der Waals surface area (Å²) >= 11 is 0. The normalized spacial score (nSPS) is 23.5. The number of fused-ring (bicyclic) bond motifs is 2. The highest BCUT2D eigenvalue weighted by atomic mass is 32.2. The lowest BCUT2D eigenvalue weighted by atomic mass is 10.0. The first kappa shape index (κ1) is 20.4. The molecule has 8 nitrogen and oxygen atoms in total. The molecule has 164 valence electrons. The van der Waals surface area contributed by atoms with Crippen molar-refractivity contribution in [3.05, 3.63) is 57.5 Å². The maximum absolute atomic E-state index is 12.4. The van der Waals surface area contributed by atoms with Crippen molar-refractivity contribution in [2.24, 2.45) is 4.99 Å². The average Bonchev–Trinajstić information content (AvgIpc) is 3.32. The minimum absolute atomic E-state index is 0.0218. The lowest BCUT2D eigenvalue weighted by molar-refractivity contribution is 0.145. The van der Waals surface area contributed by atoms with Crippen molar-refractivity contribution < 1.29 is 8.42 Å². The number of hydrogen-bond acceptors (Lipinski definition) is 6. The lowest BCUT2D eigenvalue weighted by Gasteiger charge is -2.34. The van der Waals surface area contributed by atoms with Crippen molar-refractivity contribution >= 4 is 15.9 Å². The van der Waals surface area contributed by atoms with Crippen LogP contribution in [0, 0.1) is 0 Å². The maximum atomic E-state index is 12.4. The third-order valence-electron chi connectivity index (χ3n) is 6.49. The fourth-order valence-electron chi connectivity index (χ4n) is 4.83. The summed E-state index contributed by atoms with van der Waals surface area (Å²) in [6, 6.07) is 8.91. The summed E-state index contributed by atoms with van der Waals surface area (Å²) in [6.07, 6.45) is 6.25. The van der Waals surface area contributed by atoms with Crippen molar-refractivity contribution in [3.8, 4) is 0 Å². The zero-order chi connectivity index (χ0) is 21.4. The van der Waals surface area contributed by atoms with E-state index in [1.165, 1.54) is 0 Å². The number of likely N-dealkylation sites (tertiary alicyclic amines) is 1. The zero-order valence-electron chi connectivity index (χ0n) is 17.5. The van der Waals surface area contributed by atoms with Crippen LogP contribution in [0.25, 0.3) is 0 Å². The van der Waals surface area contributed by atoms with E-state index in [0.717, 1.165) is 62.9 Å². The largest absolute Gasteiger partial charge is 0.297 e. The van der Waals surface area contributed by atoms with Gasteiger partial charge in [-0.15, -0.1) is 0 Å². The molecular formula is C22H27N5O3S. The fourth-order valence-corrected chi connectivity index (χ4v) is 6.08. The van der Waals surface area contributed by atoms with Gasteiger partial charge in [-0.1, -0.05) is 18.6 Å². The zero-order valence-corrected chi connectivity index (χ0v) is 18.3. The van der Waals surface area contributed by atoms with Crippen LogP contribution in [0.3, 0.4) is 0 Å². The molecule has 0 amide bonds. The standard InChI is InChI=1S/C22H27N5O3S/c28-21-14-16-6-5-9-19(16)24-27(21)13-12-26-11-4-3-7-17(26)15-23-22-18-8-1-2-10-20(18)31(29,30)25-22/h1-2,8,10,14,17H,3-7,9,11-13,15H2,(H,23,25). The van der Waals surface area contributed by atoms with Crippen molar-refractivity contribution in [1.29, 1.82) is 0 Å². The molecule has 3 aliphatic rings. The monoisotopic (exact) mass is 441 g/mol. The van der Waals surface area contributed by atoms with E-state index in [0.29, 0.717) is 24.5 Å². The van der Waals surface area contributed by atoms with Crippen LogP contribution in [0.5, 0.6) is 0 Å². The van der Waals surface area contributed by atoms with Crippen LogP contribution >= 0.6 is 0 Å². The Balaban J connectivity index is 1.29. The first-order valence-corrected chi connectivity index (χ1v) is 12.5. The molecule has 1 saturated heterocycles. The SMILES string of the molecule is O=c1cc2c(nn1CCN1CCCCC1CN=C1NS(=O)(=O)c3ccccc31)CCC2. The molecule has 1 aromatic heterocycles. The van der Waals surface area contributed by atoms with Gasteiger partial charge in [-0.05, 0) is 56.3 Å². The van der Waals surface area contributed by atoms with Crippen LogP contribution in [0.2, 0.25) is 0 Å². The number of rotatable bonds is 5. The minimum Gasteiger partial charge on any atom is -0.297 e. The number of sulfonamides is 1. The summed E-state index contributed by atoms with van der Waals surface area (Å²) in [5, 5.41) is 4.59. The second-order valence-corrected chi connectivity index (χ2v) is 10.2. The third kappa shape index (κ3) is 4.04. The third-order valence-corrected chi connectivity index (χ3v) is 7.89. The van der Waals surface area contributed by atoms with E-state index in [1.807, 2.05) is 6.07 Å². The molecule has 5 rings (SSSR count). The molecular weight excluding hydrogens is 414 g/mol. The molecule has 0 saturated carbocycles. The summed E-state index contributed by atoms with van der Waals surface area (Å²) in [6.45, 7) is 2.79. The summed E-state index contributed by atoms with van der Waals surface area (Å²) < 4.78 is 28.8. The Hall–Kier alpha value is -2.52. The minimum atomic E-state index is -3.52. The molecule has 0 bridgehead atoms. The number of benzene rings is 1. The van der Waals surface area contributed by atoms with Crippen LogP contribution in [0.4, 0.5) is 0 Å². The second kappa shape index (κ2) is 8.20. The lowest BCUT2D eigenvalue weighted by Crippen LogP contribution is -2.44. The number of aliphatic imine (C=N–C) groups is 1. The van der Waals surface area contributed by atoms with Crippen LogP contribution < -0.4 is 10.3 Å². The van der Waals surface area contributed by atoms with Crippen LogP contribution in [-0.2, 0) is 29.4 Å². The Bertz CT molecular complexity index is 1190. The molecule has 3 heterocycles.